The van der Waals surface area contributed by atoms with Crippen LogP contribution in [0.15, 0.2) is 18.2 Å². The summed E-state index contributed by atoms with van der Waals surface area (Å²) < 4.78 is 5.51. The Morgan fingerprint density at radius 3 is 2.87 bits per heavy atom. The molecule has 1 aliphatic carbocycles. The van der Waals surface area contributed by atoms with Crippen molar-refractivity contribution in [2.24, 2.45) is 5.92 Å². The molecule has 0 unspecified atom stereocenters. The Morgan fingerprint density at radius 1 is 1.23 bits per heavy atom. The fourth-order valence-electron chi connectivity index (χ4n) is 4.50. The van der Waals surface area contributed by atoms with E-state index < -0.39 is 0 Å². The van der Waals surface area contributed by atoms with Gasteiger partial charge in [-0.3, -0.25) is 0 Å². The van der Waals surface area contributed by atoms with Crippen LogP contribution >= 0.6 is 34.5 Å². The van der Waals surface area contributed by atoms with Crippen molar-refractivity contribution >= 4 is 50.6 Å². The minimum Gasteiger partial charge on any atom is -0.370 e. The van der Waals surface area contributed by atoms with E-state index in [1.54, 1.807) is 6.07 Å². The van der Waals surface area contributed by atoms with Crippen LogP contribution in [0.25, 0.3) is 10.2 Å². The van der Waals surface area contributed by atoms with Gasteiger partial charge in [0.05, 0.1) is 18.6 Å². The number of fused-ring (bicyclic) bond motifs is 3. The van der Waals surface area contributed by atoms with E-state index in [0.29, 0.717) is 16.6 Å². The lowest BCUT2D eigenvalue weighted by atomic mass is 9.89. The number of nitrogens with one attached hydrogen (secondary N) is 2. The highest BCUT2D eigenvalue weighted by atomic mass is 35.5. The van der Waals surface area contributed by atoms with Crippen molar-refractivity contribution in [3.8, 4) is 0 Å². The quantitative estimate of drug-likeness (QED) is 0.579. The number of hydrogen-bond acceptors (Lipinski definition) is 5. The number of nitrogens with zero attached hydrogens (tertiary/aromatic N) is 2. The second kappa shape index (κ2) is 9.20. The predicted molar refractivity (Wildman–Crippen MR) is 128 cm³/mol. The summed E-state index contributed by atoms with van der Waals surface area (Å²) in [4.78, 5) is 14.1. The van der Waals surface area contributed by atoms with Gasteiger partial charge < -0.3 is 15.0 Å². The highest BCUT2D eigenvalue weighted by Gasteiger charge is 2.25. The first kappa shape index (κ1) is 21.4. The van der Waals surface area contributed by atoms with Gasteiger partial charge in [-0.2, -0.15) is 0 Å². The highest BCUT2D eigenvalue weighted by molar-refractivity contribution is 7.19. The van der Waals surface area contributed by atoms with Gasteiger partial charge in [0.15, 0.2) is 5.82 Å². The maximum atomic E-state index is 6.41. The number of aryl methyl sites for hydroxylation is 1. The molecule has 1 aromatic carbocycles. The fraction of sp³-hybridized carbons (Fsp3) is 0.478. The maximum Gasteiger partial charge on any atom is 0.187 e. The van der Waals surface area contributed by atoms with Gasteiger partial charge in [-0.25, -0.2) is 9.97 Å². The van der Waals surface area contributed by atoms with Gasteiger partial charge >= 0.3 is 0 Å². The minimum absolute atomic E-state index is 0.604. The standard InChI is InChI=1S/C23H26Cl2N4OS/c1-14-2-5-17-19(10-14)31-23-21(17)22(26-12-15-3-4-16(24)11-18(15)25)27-20(28-23)13-29-6-8-30-9-7-29/h3-4,11,14H,2,5-10,12-13H2,1H3,(H,26,27,28)/p+1/t14-/m0/s1. The molecular weight excluding hydrogens is 451 g/mol. The Morgan fingerprint density at radius 2 is 2.06 bits per heavy atom. The zero-order chi connectivity index (χ0) is 21.4. The van der Waals surface area contributed by atoms with Crippen molar-refractivity contribution in [3.63, 3.8) is 0 Å². The molecule has 3 heterocycles. The van der Waals surface area contributed by atoms with E-state index in [1.807, 2.05) is 23.5 Å². The molecule has 0 saturated carbocycles. The smallest absolute Gasteiger partial charge is 0.187 e. The Labute approximate surface area is 196 Å². The van der Waals surface area contributed by atoms with Crippen LogP contribution in [-0.4, -0.2) is 36.3 Å². The van der Waals surface area contributed by atoms with Crippen LogP contribution in [0.4, 0.5) is 5.82 Å². The fourth-order valence-corrected chi connectivity index (χ4v) is 6.37. The van der Waals surface area contributed by atoms with Crippen LogP contribution in [0.3, 0.4) is 0 Å². The van der Waals surface area contributed by atoms with Crippen LogP contribution in [0.1, 0.15) is 35.2 Å². The summed E-state index contributed by atoms with van der Waals surface area (Å²) in [6, 6.07) is 5.64. The molecule has 1 fully saturated rings. The van der Waals surface area contributed by atoms with Crippen molar-refractivity contribution < 1.29 is 9.64 Å². The van der Waals surface area contributed by atoms with Crippen molar-refractivity contribution in [2.45, 2.75) is 39.3 Å². The van der Waals surface area contributed by atoms with Crippen LogP contribution < -0.4 is 10.2 Å². The Balaban J connectivity index is 1.49. The Hall–Kier alpha value is -1.44. The lowest BCUT2D eigenvalue weighted by Crippen LogP contribution is -3.12. The van der Waals surface area contributed by atoms with E-state index in [2.05, 4.69) is 12.2 Å². The average Bonchev–Trinajstić information content (AvgIpc) is 3.11. The van der Waals surface area contributed by atoms with Crippen molar-refractivity contribution in [1.29, 1.82) is 0 Å². The molecule has 0 spiro atoms. The van der Waals surface area contributed by atoms with Crippen molar-refractivity contribution in [1.82, 2.24) is 9.97 Å². The van der Waals surface area contributed by atoms with Crippen molar-refractivity contribution in [2.75, 3.05) is 31.6 Å². The number of benzene rings is 1. The molecule has 1 saturated heterocycles. The largest absolute Gasteiger partial charge is 0.370 e. The molecule has 2 N–H and O–H groups in total. The molecule has 164 valence electrons. The number of quaternary nitrogens is 1. The number of ether oxygens (including phenoxy) is 1. The van der Waals surface area contributed by atoms with E-state index in [-0.39, 0.29) is 0 Å². The lowest BCUT2D eigenvalue weighted by molar-refractivity contribution is -0.922. The summed E-state index contributed by atoms with van der Waals surface area (Å²) in [7, 11) is 0. The van der Waals surface area contributed by atoms with Crippen LogP contribution in [-0.2, 0) is 30.7 Å². The van der Waals surface area contributed by atoms with Crippen LogP contribution in [0, 0.1) is 5.92 Å². The molecule has 0 radical (unpaired) electrons. The molecular formula is C23H27Cl2N4OS+. The topological polar surface area (TPSA) is 51.5 Å². The number of thiophene rings is 1. The van der Waals surface area contributed by atoms with Gasteiger partial charge in [-0.1, -0.05) is 36.2 Å². The Bertz CT molecular complexity index is 1100. The molecule has 5 rings (SSSR count). The molecule has 0 amide bonds. The number of hydrogen-bond donors (Lipinski definition) is 2. The van der Waals surface area contributed by atoms with E-state index in [0.717, 1.165) is 73.6 Å². The summed E-state index contributed by atoms with van der Waals surface area (Å²) in [5.41, 5.74) is 2.45. The number of rotatable bonds is 5. The summed E-state index contributed by atoms with van der Waals surface area (Å²) in [5.74, 6) is 2.57. The summed E-state index contributed by atoms with van der Waals surface area (Å²) >= 11 is 14.3. The first-order valence-electron chi connectivity index (χ1n) is 11.0. The number of halogens is 2. The third-order valence-corrected chi connectivity index (χ3v) is 8.01. The van der Waals surface area contributed by atoms with Crippen molar-refractivity contribution in [3.05, 3.63) is 50.1 Å². The van der Waals surface area contributed by atoms with Gasteiger partial charge in [0.1, 0.15) is 30.3 Å². The Kier molecular flexibility index (Phi) is 6.35. The highest BCUT2D eigenvalue weighted by Crippen LogP contribution is 2.40. The first-order valence-corrected chi connectivity index (χ1v) is 12.5. The number of aromatic nitrogens is 2. The average molecular weight is 478 g/mol. The van der Waals surface area contributed by atoms with E-state index in [9.17, 15) is 0 Å². The van der Waals surface area contributed by atoms with E-state index >= 15 is 0 Å². The van der Waals surface area contributed by atoms with E-state index in [4.69, 9.17) is 37.9 Å². The zero-order valence-corrected chi connectivity index (χ0v) is 20.0. The molecule has 1 aliphatic heterocycles. The molecule has 8 heteroatoms. The molecule has 1 atom stereocenters. The third-order valence-electron chi connectivity index (χ3n) is 6.27. The SMILES string of the molecule is C[C@H]1CCc2c(sc3nc(C[NH+]4CCOCC4)nc(NCc4ccc(Cl)cc4Cl)c23)C1. The molecule has 2 aromatic heterocycles. The predicted octanol–water partition coefficient (Wildman–Crippen LogP) is 4.15. The molecule has 2 aliphatic rings. The molecule has 0 bridgehead atoms. The maximum absolute atomic E-state index is 6.41. The molecule has 3 aromatic rings. The third kappa shape index (κ3) is 4.69. The molecule has 5 nitrogen and oxygen atoms in total. The zero-order valence-electron chi connectivity index (χ0n) is 17.6. The van der Waals surface area contributed by atoms with E-state index in [1.165, 1.54) is 27.1 Å². The normalized spacial score (nSPS) is 19.5. The number of morpholine rings is 1. The van der Waals surface area contributed by atoms with Gasteiger partial charge in [0, 0.05) is 21.5 Å². The van der Waals surface area contributed by atoms with Gasteiger partial charge in [-0.15, -0.1) is 11.3 Å². The van der Waals surface area contributed by atoms with Gasteiger partial charge in [-0.05, 0) is 48.4 Å². The summed E-state index contributed by atoms with van der Waals surface area (Å²) in [6.07, 6.45) is 3.47. The van der Waals surface area contributed by atoms with Gasteiger partial charge in [0.2, 0.25) is 0 Å². The van der Waals surface area contributed by atoms with Crippen LogP contribution in [0.2, 0.25) is 10.0 Å². The van der Waals surface area contributed by atoms with Gasteiger partial charge in [0.25, 0.3) is 0 Å². The summed E-state index contributed by atoms with van der Waals surface area (Å²) in [6.45, 7) is 7.40. The minimum atomic E-state index is 0.604. The molecule has 31 heavy (non-hydrogen) atoms. The second-order valence-electron chi connectivity index (χ2n) is 8.65. The summed E-state index contributed by atoms with van der Waals surface area (Å²) in [5, 5.41) is 6.11. The number of anilines is 1. The monoisotopic (exact) mass is 477 g/mol. The van der Waals surface area contributed by atoms with Crippen LogP contribution in [0.5, 0.6) is 0 Å². The lowest BCUT2D eigenvalue weighted by Gasteiger charge is -2.23. The second-order valence-corrected chi connectivity index (χ2v) is 10.6. The first-order chi connectivity index (χ1) is 15.1.